The van der Waals surface area contributed by atoms with Crippen LogP contribution in [0.4, 0.5) is 0 Å². The number of allylic oxidation sites excluding steroid dienone is 1. The molecule has 3 nitrogen and oxygen atoms in total. The van der Waals surface area contributed by atoms with Crippen LogP contribution in [0.3, 0.4) is 0 Å². The van der Waals surface area contributed by atoms with Crippen LogP contribution in [-0.4, -0.2) is 10.8 Å². The Labute approximate surface area is 58.3 Å². The Balaban J connectivity index is 3.60. The van der Waals surface area contributed by atoms with Gasteiger partial charge in [-0.15, -0.1) is 0 Å². The van der Waals surface area contributed by atoms with Gasteiger partial charge in [0.15, 0.2) is 0 Å². The fourth-order valence-electron chi connectivity index (χ4n) is 0.157. The van der Waals surface area contributed by atoms with Gasteiger partial charge in [0, 0.05) is 0 Å². The van der Waals surface area contributed by atoms with Gasteiger partial charge in [-0.3, -0.25) is 0 Å². The maximum absolute atomic E-state index is 9.52. The number of hydrogen-bond acceptors (Lipinski definition) is 2. The van der Waals surface area contributed by atoms with Gasteiger partial charge in [0.25, 0.3) is 0 Å². The van der Waals surface area contributed by atoms with Crippen LogP contribution in [0.1, 0.15) is 0 Å². The average molecular weight is 292 g/mol. The standard InChI is InChI=1S/C4H5N2O.Pt/c1-2-4(5)6-3-7;/h1-2H,5H2,(H,6,7);/q-1;/b4-2-;. The summed E-state index contributed by atoms with van der Waals surface area (Å²) >= 11 is 1.98. The van der Waals surface area contributed by atoms with E-state index in [9.17, 15) is 4.79 Å². The van der Waals surface area contributed by atoms with Crippen LogP contribution >= 0.6 is 0 Å². The van der Waals surface area contributed by atoms with E-state index >= 15 is 0 Å². The number of hydrogen-bond donors (Lipinski definition) is 2. The Hall–Kier alpha value is -0.432. The van der Waals surface area contributed by atoms with Gasteiger partial charge in [-0.2, -0.15) is 0 Å². The number of rotatable bonds is 3. The van der Waals surface area contributed by atoms with Crippen LogP contribution in [0.5, 0.6) is 0 Å². The molecule has 0 radical (unpaired) electrons. The van der Waals surface area contributed by atoms with E-state index in [4.69, 9.17) is 5.73 Å². The maximum atomic E-state index is 9.52. The molecule has 0 aliphatic carbocycles. The fourth-order valence-corrected chi connectivity index (χ4v) is 0.565. The van der Waals surface area contributed by atoms with Crippen molar-refractivity contribution in [1.29, 1.82) is 0 Å². The van der Waals surface area contributed by atoms with E-state index in [1.54, 1.807) is 10.5 Å². The van der Waals surface area contributed by atoms with Gasteiger partial charge in [-0.05, 0) is 0 Å². The van der Waals surface area contributed by atoms with Crippen LogP contribution in [0, 0.1) is 0 Å². The number of carbonyl (C=O) groups excluding carboxylic acids is 1. The molecule has 48 valence electrons. The summed E-state index contributed by atoms with van der Waals surface area (Å²) in [6.07, 6.45) is 3.00. The molecule has 0 atom stereocenters. The minimum absolute atomic E-state index is 0.301. The molecule has 4 heteroatoms. The van der Waals surface area contributed by atoms with Gasteiger partial charge < -0.3 is 0 Å². The number of amides is 1. The van der Waals surface area contributed by atoms with Crippen LogP contribution < -0.4 is 11.1 Å². The van der Waals surface area contributed by atoms with E-state index < -0.39 is 0 Å². The Morgan fingerprint density at radius 1 is 1.88 bits per heavy atom. The summed E-state index contributed by atoms with van der Waals surface area (Å²) in [7, 11) is 0. The molecule has 0 aromatic heterocycles. The van der Waals surface area contributed by atoms with E-state index in [-0.39, 0.29) is 0 Å². The van der Waals surface area contributed by atoms with E-state index in [0.29, 0.717) is 5.82 Å². The van der Waals surface area contributed by atoms with E-state index in [1.807, 2.05) is 19.4 Å². The normalized spacial score (nSPS) is 10.5. The first-order chi connectivity index (χ1) is 3.81. The van der Waals surface area contributed by atoms with Crippen molar-refractivity contribution in [1.82, 2.24) is 5.32 Å². The van der Waals surface area contributed by atoms with Crippen molar-refractivity contribution in [3.8, 4) is 0 Å². The summed E-state index contributed by atoms with van der Waals surface area (Å²) in [6.45, 7) is 0. The van der Waals surface area contributed by atoms with Crippen molar-refractivity contribution in [3.63, 3.8) is 0 Å². The molecular weight excluding hydrogens is 287 g/mol. The second-order valence-electron chi connectivity index (χ2n) is 0.954. The first-order valence-corrected chi connectivity index (χ1v) is 3.11. The van der Waals surface area contributed by atoms with Gasteiger partial charge in [0.05, 0.1) is 0 Å². The monoisotopic (exact) mass is 292 g/mol. The predicted molar refractivity (Wildman–Crippen MR) is 27.2 cm³/mol. The summed E-state index contributed by atoms with van der Waals surface area (Å²) in [5.41, 5.74) is 5.15. The van der Waals surface area contributed by atoms with Crippen molar-refractivity contribution < 1.29 is 24.1 Å². The average Bonchev–Trinajstić information content (AvgIpc) is 1.68. The molecule has 0 unspecified atom stereocenters. The van der Waals surface area contributed by atoms with Crippen LogP contribution in [-0.2, 0) is 24.1 Å². The molecule has 0 fully saturated rings. The van der Waals surface area contributed by atoms with Crippen LogP contribution in [0.2, 0.25) is 0 Å². The Morgan fingerprint density at radius 2 is 2.50 bits per heavy atom. The topological polar surface area (TPSA) is 55.1 Å². The molecule has 3 N–H and O–H groups in total. The molecule has 0 spiro atoms. The summed E-state index contributed by atoms with van der Waals surface area (Å²) in [5, 5.41) is 2.14. The van der Waals surface area contributed by atoms with Gasteiger partial charge >= 0.3 is 57.9 Å². The third-order valence-electron chi connectivity index (χ3n) is 0.428. The molecular formula is C4H5N2OPt-. The second kappa shape index (κ2) is 4.72. The molecule has 0 heterocycles. The molecule has 0 aliphatic heterocycles. The Morgan fingerprint density at radius 3 is 2.88 bits per heavy atom. The summed E-state index contributed by atoms with van der Waals surface area (Å²) in [4.78, 5) is 9.52. The summed E-state index contributed by atoms with van der Waals surface area (Å²) in [6, 6.07) is 0. The van der Waals surface area contributed by atoms with Gasteiger partial charge in [-0.25, -0.2) is 0 Å². The van der Waals surface area contributed by atoms with Gasteiger partial charge in [-0.1, -0.05) is 0 Å². The zero-order chi connectivity index (χ0) is 6.41. The van der Waals surface area contributed by atoms with Gasteiger partial charge in [0.1, 0.15) is 0 Å². The molecule has 1 amide bonds. The number of nitrogens with two attached hydrogens (primary N) is 1. The van der Waals surface area contributed by atoms with Gasteiger partial charge in [0.2, 0.25) is 0 Å². The van der Waals surface area contributed by atoms with Crippen molar-refractivity contribution in [2.45, 2.75) is 0 Å². The molecule has 0 rings (SSSR count). The SMILES string of the molecule is N/C(=C/[CH]=[Pt])N[C-]=O. The summed E-state index contributed by atoms with van der Waals surface area (Å²) in [5.74, 6) is 0.301. The minimum atomic E-state index is 0.301. The van der Waals surface area contributed by atoms with Crippen LogP contribution in [0.25, 0.3) is 0 Å². The van der Waals surface area contributed by atoms with E-state index in [2.05, 4.69) is 5.32 Å². The van der Waals surface area contributed by atoms with E-state index in [0.717, 1.165) is 0 Å². The van der Waals surface area contributed by atoms with Crippen molar-refractivity contribution in [2.24, 2.45) is 5.73 Å². The first kappa shape index (κ1) is 7.57. The number of nitrogens with one attached hydrogen (secondary N) is 1. The molecule has 0 aromatic carbocycles. The molecule has 8 heavy (non-hydrogen) atoms. The Kier molecular flexibility index (Phi) is 4.47. The zero-order valence-electron chi connectivity index (χ0n) is 3.96. The third-order valence-corrected chi connectivity index (χ3v) is 0.806. The van der Waals surface area contributed by atoms with Crippen molar-refractivity contribution >= 4 is 10.8 Å². The van der Waals surface area contributed by atoms with Crippen molar-refractivity contribution in [3.05, 3.63) is 11.9 Å². The van der Waals surface area contributed by atoms with E-state index in [1.165, 1.54) is 6.41 Å². The Bertz CT molecular complexity index is 121. The molecule has 0 bridgehead atoms. The molecule has 0 saturated carbocycles. The predicted octanol–water partition coefficient (Wildman–Crippen LogP) is -1.21. The first-order valence-electron chi connectivity index (χ1n) is 1.80. The third kappa shape index (κ3) is 3.75. The fraction of sp³-hybridized carbons (Fsp3) is 0. The second-order valence-corrected chi connectivity index (χ2v) is 1.71. The molecule has 0 aromatic rings. The molecule has 0 saturated heterocycles. The van der Waals surface area contributed by atoms with Crippen molar-refractivity contribution in [2.75, 3.05) is 0 Å². The summed E-state index contributed by atoms with van der Waals surface area (Å²) < 4.78 is 1.69. The molecule has 0 aliphatic rings. The van der Waals surface area contributed by atoms with Crippen LogP contribution in [0.15, 0.2) is 11.9 Å². The quantitative estimate of drug-likeness (QED) is 0.507. The zero-order valence-corrected chi connectivity index (χ0v) is 6.23.